The highest BCUT2D eigenvalue weighted by atomic mass is 32.2. The van der Waals surface area contributed by atoms with Crippen molar-refractivity contribution in [2.45, 2.75) is 17.7 Å². The number of hydrogen-bond donors (Lipinski definition) is 1. The molecule has 1 amide bonds. The van der Waals surface area contributed by atoms with Crippen molar-refractivity contribution in [3.8, 4) is 6.07 Å². The second kappa shape index (κ2) is 8.30. The van der Waals surface area contributed by atoms with E-state index in [1.54, 1.807) is 0 Å². The highest BCUT2D eigenvalue weighted by Crippen LogP contribution is 2.30. The lowest BCUT2D eigenvalue weighted by Gasteiger charge is -2.30. The average molecular weight is 463 g/mol. The molecule has 2 aromatic carbocycles. The number of nitrogens with one attached hydrogen (secondary N) is 1. The van der Waals surface area contributed by atoms with Crippen LogP contribution < -0.4 is 5.32 Å². The zero-order valence-corrected chi connectivity index (χ0v) is 17.6. The molecular formula is C20H16F2N4O3S2. The standard InChI is InChI=1S/C20H16F2N4O3S2/c21-15-9-17-18(10-16(15)22)30-20(24-17)25-19(27)13-5-7-26(8-6-13)31(28,29)14-3-1-12(11-23)2-4-14/h1-4,9-10,13H,5-8H2,(H,24,25,27). The molecule has 11 heteroatoms. The zero-order chi connectivity index (χ0) is 22.2. The molecule has 1 aliphatic heterocycles. The summed E-state index contributed by atoms with van der Waals surface area (Å²) in [5, 5.41) is 11.7. The van der Waals surface area contributed by atoms with Crippen molar-refractivity contribution in [2.24, 2.45) is 5.92 Å². The number of aromatic nitrogens is 1. The van der Waals surface area contributed by atoms with E-state index in [1.807, 2.05) is 6.07 Å². The number of benzene rings is 2. The molecule has 0 unspecified atom stereocenters. The van der Waals surface area contributed by atoms with Crippen molar-refractivity contribution in [3.63, 3.8) is 0 Å². The van der Waals surface area contributed by atoms with Gasteiger partial charge in [0.2, 0.25) is 15.9 Å². The predicted octanol–water partition coefficient (Wildman–Crippen LogP) is 3.49. The fourth-order valence-corrected chi connectivity index (χ4v) is 5.74. The Morgan fingerprint density at radius 1 is 1.16 bits per heavy atom. The van der Waals surface area contributed by atoms with E-state index < -0.39 is 27.6 Å². The molecular weight excluding hydrogens is 446 g/mol. The summed E-state index contributed by atoms with van der Waals surface area (Å²) in [5.74, 6) is -2.71. The van der Waals surface area contributed by atoms with Crippen LogP contribution in [0.5, 0.6) is 0 Å². The Hall–Kier alpha value is -2.94. The Morgan fingerprint density at radius 2 is 1.81 bits per heavy atom. The van der Waals surface area contributed by atoms with Crippen LogP contribution in [0.15, 0.2) is 41.3 Å². The lowest BCUT2D eigenvalue weighted by Crippen LogP contribution is -2.41. The number of nitrogens with zero attached hydrogens (tertiary/aromatic N) is 3. The number of carbonyl (C=O) groups excluding carboxylic acids is 1. The van der Waals surface area contributed by atoms with Crippen LogP contribution in [-0.2, 0) is 14.8 Å². The Morgan fingerprint density at radius 3 is 2.45 bits per heavy atom. The summed E-state index contributed by atoms with van der Waals surface area (Å²) in [5.41, 5.74) is 0.622. The van der Waals surface area contributed by atoms with Gasteiger partial charge >= 0.3 is 0 Å². The first-order valence-electron chi connectivity index (χ1n) is 9.34. The first-order valence-corrected chi connectivity index (χ1v) is 11.6. The monoisotopic (exact) mass is 462 g/mol. The Bertz CT molecular complexity index is 1250. The minimum absolute atomic E-state index is 0.100. The van der Waals surface area contributed by atoms with Gasteiger partial charge in [0.05, 0.1) is 26.7 Å². The number of carbonyl (C=O) groups is 1. The second-order valence-corrected chi connectivity index (χ2v) is 10.0. The van der Waals surface area contributed by atoms with Gasteiger partial charge in [0.25, 0.3) is 0 Å². The Labute approximate surface area is 181 Å². The number of halogens is 2. The molecule has 0 saturated carbocycles. The van der Waals surface area contributed by atoms with Gasteiger partial charge in [-0.15, -0.1) is 0 Å². The van der Waals surface area contributed by atoms with E-state index >= 15 is 0 Å². The summed E-state index contributed by atoms with van der Waals surface area (Å²) in [6.45, 7) is 0.355. The first-order chi connectivity index (χ1) is 14.8. The van der Waals surface area contributed by atoms with E-state index in [0.717, 1.165) is 23.5 Å². The van der Waals surface area contributed by atoms with Crippen molar-refractivity contribution in [1.82, 2.24) is 9.29 Å². The Kier molecular flexibility index (Phi) is 5.70. The number of sulfonamides is 1. The van der Waals surface area contributed by atoms with E-state index in [4.69, 9.17) is 5.26 Å². The van der Waals surface area contributed by atoms with Crippen molar-refractivity contribution in [3.05, 3.63) is 53.6 Å². The van der Waals surface area contributed by atoms with Gasteiger partial charge in [-0.05, 0) is 43.2 Å². The third-order valence-corrected chi connectivity index (χ3v) is 7.95. The van der Waals surface area contributed by atoms with Crippen LogP contribution in [0.3, 0.4) is 0 Å². The number of anilines is 1. The number of nitriles is 1. The second-order valence-electron chi connectivity index (χ2n) is 7.06. The molecule has 160 valence electrons. The lowest BCUT2D eigenvalue weighted by atomic mass is 9.97. The molecule has 0 aliphatic carbocycles. The average Bonchev–Trinajstić information content (AvgIpc) is 3.14. The van der Waals surface area contributed by atoms with Gasteiger partial charge in [-0.1, -0.05) is 11.3 Å². The van der Waals surface area contributed by atoms with Crippen LogP contribution in [0.2, 0.25) is 0 Å². The zero-order valence-electron chi connectivity index (χ0n) is 16.0. The van der Waals surface area contributed by atoms with Crippen molar-refractivity contribution in [1.29, 1.82) is 5.26 Å². The molecule has 7 nitrogen and oxygen atoms in total. The predicted molar refractivity (Wildman–Crippen MR) is 111 cm³/mol. The van der Waals surface area contributed by atoms with Gasteiger partial charge < -0.3 is 5.32 Å². The lowest BCUT2D eigenvalue weighted by molar-refractivity contribution is -0.120. The van der Waals surface area contributed by atoms with Gasteiger partial charge in [0.15, 0.2) is 16.8 Å². The molecule has 0 bridgehead atoms. The van der Waals surface area contributed by atoms with Gasteiger partial charge in [0.1, 0.15) is 0 Å². The number of thiazole rings is 1. The minimum atomic E-state index is -3.71. The van der Waals surface area contributed by atoms with Gasteiger partial charge in [-0.25, -0.2) is 22.2 Å². The number of piperidine rings is 1. The fraction of sp³-hybridized carbons (Fsp3) is 0.250. The quantitative estimate of drug-likeness (QED) is 0.639. The highest BCUT2D eigenvalue weighted by Gasteiger charge is 2.32. The maximum Gasteiger partial charge on any atom is 0.243 e. The summed E-state index contributed by atoms with van der Waals surface area (Å²) >= 11 is 1.04. The molecule has 1 aromatic heterocycles. The van der Waals surface area contributed by atoms with Crippen LogP contribution in [0.1, 0.15) is 18.4 Å². The molecule has 3 aromatic rings. The molecule has 4 rings (SSSR count). The van der Waals surface area contributed by atoms with Crippen LogP contribution in [-0.4, -0.2) is 36.7 Å². The van der Waals surface area contributed by atoms with Crippen LogP contribution in [0.4, 0.5) is 13.9 Å². The van der Waals surface area contributed by atoms with E-state index in [9.17, 15) is 22.0 Å². The normalized spacial score (nSPS) is 15.6. The van der Waals surface area contributed by atoms with E-state index in [-0.39, 0.29) is 34.5 Å². The third-order valence-electron chi connectivity index (χ3n) is 5.11. The Balaban J connectivity index is 1.40. The number of rotatable bonds is 4. The highest BCUT2D eigenvalue weighted by molar-refractivity contribution is 7.89. The minimum Gasteiger partial charge on any atom is -0.302 e. The maximum absolute atomic E-state index is 13.4. The number of hydrogen-bond acceptors (Lipinski definition) is 6. The van der Waals surface area contributed by atoms with Crippen LogP contribution >= 0.6 is 11.3 Å². The van der Waals surface area contributed by atoms with Gasteiger partial charge in [-0.2, -0.15) is 9.57 Å². The van der Waals surface area contributed by atoms with E-state index in [0.29, 0.717) is 23.1 Å². The topological polar surface area (TPSA) is 103 Å². The SMILES string of the molecule is N#Cc1ccc(S(=O)(=O)N2CCC(C(=O)Nc3nc4cc(F)c(F)cc4s3)CC2)cc1. The molecule has 2 heterocycles. The molecule has 0 spiro atoms. The molecule has 0 radical (unpaired) electrons. The number of fused-ring (bicyclic) bond motifs is 1. The molecule has 0 atom stereocenters. The molecule has 1 aliphatic rings. The maximum atomic E-state index is 13.4. The summed E-state index contributed by atoms with van der Waals surface area (Å²) in [6.07, 6.45) is 0.658. The van der Waals surface area contributed by atoms with E-state index in [2.05, 4.69) is 10.3 Å². The molecule has 1 saturated heterocycles. The van der Waals surface area contributed by atoms with Crippen molar-refractivity contribution in [2.75, 3.05) is 18.4 Å². The van der Waals surface area contributed by atoms with Gasteiger partial charge in [-0.3, -0.25) is 4.79 Å². The van der Waals surface area contributed by atoms with Crippen molar-refractivity contribution < 1.29 is 22.0 Å². The largest absolute Gasteiger partial charge is 0.302 e. The van der Waals surface area contributed by atoms with Gasteiger partial charge in [0, 0.05) is 25.1 Å². The molecule has 1 N–H and O–H groups in total. The van der Waals surface area contributed by atoms with Crippen LogP contribution in [0, 0.1) is 28.9 Å². The van der Waals surface area contributed by atoms with Crippen LogP contribution in [0.25, 0.3) is 10.2 Å². The van der Waals surface area contributed by atoms with Crippen molar-refractivity contribution >= 4 is 42.6 Å². The summed E-state index contributed by atoms with van der Waals surface area (Å²) in [7, 11) is -3.71. The third kappa shape index (κ3) is 4.27. The number of amides is 1. The van der Waals surface area contributed by atoms with E-state index in [1.165, 1.54) is 28.6 Å². The fourth-order valence-electron chi connectivity index (χ4n) is 3.39. The summed E-state index contributed by atoms with van der Waals surface area (Å²) in [6, 6.07) is 9.63. The first kappa shape index (κ1) is 21.3. The summed E-state index contributed by atoms with van der Waals surface area (Å²) in [4.78, 5) is 16.8. The summed E-state index contributed by atoms with van der Waals surface area (Å²) < 4.78 is 54.0. The molecule has 1 fully saturated rings. The smallest absolute Gasteiger partial charge is 0.243 e. The molecule has 31 heavy (non-hydrogen) atoms.